The number of carbonyl (C=O) groups is 1. The zero-order chi connectivity index (χ0) is 32.2. The van der Waals surface area contributed by atoms with E-state index < -0.39 is 0 Å². The number of aryl methyl sites for hydroxylation is 2. The number of benzene rings is 2. The second kappa shape index (κ2) is 19.0. The third kappa shape index (κ3) is 11.5. The predicted octanol–water partition coefficient (Wildman–Crippen LogP) is 7.70. The summed E-state index contributed by atoms with van der Waals surface area (Å²) in [6.45, 7) is 10.4. The van der Waals surface area contributed by atoms with Crippen LogP contribution in [0.1, 0.15) is 87.5 Å². The Labute approximate surface area is 291 Å². The minimum atomic E-state index is 0.639. The van der Waals surface area contributed by atoms with Crippen LogP contribution in [0, 0.1) is 0 Å². The van der Waals surface area contributed by atoms with Crippen molar-refractivity contribution in [3.8, 4) is 0 Å². The number of likely N-dealkylation sites (tertiary alicyclic amines) is 2. The van der Waals surface area contributed by atoms with E-state index >= 15 is 0 Å². The van der Waals surface area contributed by atoms with E-state index in [-0.39, 0.29) is 0 Å². The molecule has 2 fully saturated rings. The van der Waals surface area contributed by atoms with E-state index in [0.717, 1.165) is 24.4 Å². The first-order valence-corrected chi connectivity index (χ1v) is 19.2. The third-order valence-electron chi connectivity index (χ3n) is 10.2. The molecule has 0 amide bonds. The lowest BCUT2D eigenvalue weighted by Crippen LogP contribution is -2.50. The molecular weight excluding hydrogens is 688 g/mol. The zero-order valence-corrected chi connectivity index (χ0v) is 31.5. The van der Waals surface area contributed by atoms with Crippen LogP contribution in [0.15, 0.2) is 45.3 Å². The fourth-order valence-electron chi connectivity index (χ4n) is 7.61. The molecule has 0 spiro atoms. The Morgan fingerprint density at radius 1 is 0.733 bits per heavy atom. The van der Waals surface area contributed by atoms with Gasteiger partial charge < -0.3 is 19.9 Å². The van der Waals surface area contributed by atoms with Gasteiger partial charge in [-0.3, -0.25) is 4.90 Å². The maximum atomic E-state index is 9.17. The summed E-state index contributed by atoms with van der Waals surface area (Å²) in [5.74, 6) is 0. The Morgan fingerprint density at radius 3 is 1.82 bits per heavy atom. The first-order chi connectivity index (χ1) is 21.8. The summed E-state index contributed by atoms with van der Waals surface area (Å²) >= 11 is 7.23. The average Bonchev–Trinajstić information content (AvgIpc) is 3.05. The normalized spacial score (nSPS) is 22.8. The Morgan fingerprint density at radius 2 is 1.27 bits per heavy atom. The number of fused-ring (bicyclic) bond motifs is 2. The van der Waals surface area contributed by atoms with Gasteiger partial charge in [0.2, 0.25) is 0 Å². The fourth-order valence-corrected chi connectivity index (χ4v) is 8.43. The van der Waals surface area contributed by atoms with Gasteiger partial charge in [-0.1, -0.05) is 57.8 Å². The van der Waals surface area contributed by atoms with E-state index in [0.29, 0.717) is 12.5 Å². The molecule has 2 heterocycles. The van der Waals surface area contributed by atoms with Gasteiger partial charge in [0.15, 0.2) is 0 Å². The van der Waals surface area contributed by atoms with Gasteiger partial charge in [0.05, 0.1) is 0 Å². The van der Waals surface area contributed by atoms with E-state index in [1.807, 2.05) is 6.92 Å². The van der Waals surface area contributed by atoms with Gasteiger partial charge >= 0.3 is 0 Å². The Bertz CT molecular complexity index is 1180. The van der Waals surface area contributed by atoms with Gasteiger partial charge in [-0.05, 0) is 164 Å². The van der Waals surface area contributed by atoms with Crippen LogP contribution in [-0.2, 0) is 30.5 Å². The first-order valence-electron chi connectivity index (χ1n) is 17.7. The van der Waals surface area contributed by atoms with Crippen LogP contribution in [-0.4, -0.2) is 92.0 Å². The van der Waals surface area contributed by atoms with E-state index in [9.17, 15) is 4.79 Å². The molecule has 250 valence electrons. The summed E-state index contributed by atoms with van der Waals surface area (Å²) < 4.78 is 2.44. The van der Waals surface area contributed by atoms with Crippen molar-refractivity contribution in [3.05, 3.63) is 67.6 Å². The average molecular weight is 747 g/mol. The third-order valence-corrected chi connectivity index (χ3v) is 11.2. The standard InChI is InChI=1S/C19H29BrN2.C16H23BrN2.C3H6O/c1-3-10-22(18-8-11-21(2)12-9-18)19-7-5-15-4-6-17(20)13-16(15)14-19;1-19-8-6-15(7-9-19)18-16-5-3-12-2-4-14(17)10-13(12)11-16;1-2-3-4/h4,6,13,18-19H,3,5,7-12,14H2,1-2H3;2,4,10,15-16,18H,3,5-9,11H2,1H3;3H,2H2,1H3. The number of nitrogens with zero attached hydrogens (tertiary/aromatic N) is 3. The largest absolute Gasteiger partial charge is 0.311 e. The van der Waals surface area contributed by atoms with Gasteiger partial charge in [0, 0.05) is 39.5 Å². The molecule has 5 nitrogen and oxygen atoms in total. The lowest BCUT2D eigenvalue weighted by atomic mass is 9.86. The molecular formula is C38H58Br2N4O. The SMILES string of the molecule is CCC=O.CCCN(C1CCN(C)CC1)C1CCc2ccc(Br)cc2C1.CN1CCC(NC2CCc3ccc(Br)cc3C2)CC1. The maximum absolute atomic E-state index is 9.17. The van der Waals surface area contributed by atoms with Crippen LogP contribution >= 0.6 is 31.9 Å². The molecule has 0 aromatic heterocycles. The van der Waals surface area contributed by atoms with E-state index in [1.54, 1.807) is 16.7 Å². The highest BCUT2D eigenvalue weighted by atomic mass is 79.9. The second-order valence-corrected chi connectivity index (χ2v) is 15.6. The molecule has 2 aliphatic carbocycles. The molecule has 7 heteroatoms. The van der Waals surface area contributed by atoms with Crippen LogP contribution < -0.4 is 5.32 Å². The topological polar surface area (TPSA) is 38.8 Å². The van der Waals surface area contributed by atoms with Gasteiger partial charge in [-0.25, -0.2) is 0 Å². The number of hydrogen-bond donors (Lipinski definition) is 1. The summed E-state index contributed by atoms with van der Waals surface area (Å²) in [4.78, 5) is 16.9. The number of nitrogens with one attached hydrogen (secondary N) is 1. The molecule has 45 heavy (non-hydrogen) atoms. The summed E-state index contributed by atoms with van der Waals surface area (Å²) in [6, 6.07) is 16.6. The minimum absolute atomic E-state index is 0.639. The van der Waals surface area contributed by atoms with E-state index in [1.165, 1.54) is 118 Å². The Hall–Kier alpha value is -1.09. The van der Waals surface area contributed by atoms with E-state index in [2.05, 4.69) is 109 Å². The molecule has 6 rings (SSSR count). The number of halogens is 2. The lowest BCUT2D eigenvalue weighted by Gasteiger charge is -2.43. The molecule has 2 atom stereocenters. The van der Waals surface area contributed by atoms with Gasteiger partial charge in [-0.15, -0.1) is 0 Å². The van der Waals surface area contributed by atoms with Crippen molar-refractivity contribution in [3.63, 3.8) is 0 Å². The van der Waals surface area contributed by atoms with Crippen LogP contribution in [0.2, 0.25) is 0 Å². The maximum Gasteiger partial charge on any atom is 0.119 e. The van der Waals surface area contributed by atoms with Gasteiger partial charge in [0.1, 0.15) is 6.29 Å². The Balaban J connectivity index is 0.000000185. The van der Waals surface area contributed by atoms with Crippen molar-refractivity contribution in [1.29, 1.82) is 0 Å². The molecule has 2 aromatic carbocycles. The van der Waals surface area contributed by atoms with Crippen molar-refractivity contribution in [2.75, 3.05) is 46.8 Å². The van der Waals surface area contributed by atoms with Crippen molar-refractivity contribution in [1.82, 2.24) is 20.0 Å². The smallest absolute Gasteiger partial charge is 0.119 e. The van der Waals surface area contributed by atoms with Crippen LogP contribution in [0.4, 0.5) is 0 Å². The molecule has 0 radical (unpaired) electrons. The highest BCUT2D eigenvalue weighted by molar-refractivity contribution is 9.10. The first kappa shape index (κ1) is 36.7. The van der Waals surface area contributed by atoms with Gasteiger partial charge in [0.25, 0.3) is 0 Å². The number of piperidine rings is 2. The number of rotatable bonds is 7. The number of aldehydes is 1. The highest BCUT2D eigenvalue weighted by Gasteiger charge is 2.31. The summed E-state index contributed by atoms with van der Waals surface area (Å²) in [7, 11) is 4.49. The molecule has 2 aromatic rings. The zero-order valence-electron chi connectivity index (χ0n) is 28.4. The molecule has 0 bridgehead atoms. The monoisotopic (exact) mass is 744 g/mol. The van der Waals surface area contributed by atoms with Crippen molar-refractivity contribution >= 4 is 38.1 Å². The van der Waals surface area contributed by atoms with Crippen molar-refractivity contribution in [2.45, 2.75) is 115 Å². The van der Waals surface area contributed by atoms with Crippen molar-refractivity contribution in [2.24, 2.45) is 0 Å². The molecule has 2 saturated heterocycles. The molecule has 0 saturated carbocycles. The van der Waals surface area contributed by atoms with Crippen LogP contribution in [0.3, 0.4) is 0 Å². The summed E-state index contributed by atoms with van der Waals surface area (Å²) in [6.07, 6.45) is 15.6. The molecule has 1 N–H and O–H groups in total. The molecule has 4 aliphatic rings. The van der Waals surface area contributed by atoms with Crippen LogP contribution in [0.5, 0.6) is 0 Å². The molecule has 2 aliphatic heterocycles. The molecule has 2 unspecified atom stereocenters. The van der Waals surface area contributed by atoms with Crippen molar-refractivity contribution < 1.29 is 4.79 Å². The number of carbonyl (C=O) groups excluding carboxylic acids is 1. The number of hydrogen-bond acceptors (Lipinski definition) is 5. The lowest BCUT2D eigenvalue weighted by molar-refractivity contribution is -0.107. The fraction of sp³-hybridized carbons (Fsp3) is 0.658. The highest BCUT2D eigenvalue weighted by Crippen LogP contribution is 2.30. The van der Waals surface area contributed by atoms with E-state index in [4.69, 9.17) is 0 Å². The Kier molecular flexibility index (Phi) is 15.5. The summed E-state index contributed by atoms with van der Waals surface area (Å²) in [5.41, 5.74) is 6.22. The minimum Gasteiger partial charge on any atom is -0.311 e. The van der Waals surface area contributed by atoms with Gasteiger partial charge in [-0.2, -0.15) is 0 Å². The summed E-state index contributed by atoms with van der Waals surface area (Å²) in [5, 5.41) is 3.90. The predicted molar refractivity (Wildman–Crippen MR) is 197 cm³/mol. The van der Waals surface area contributed by atoms with Crippen LogP contribution in [0.25, 0.3) is 0 Å². The second-order valence-electron chi connectivity index (χ2n) is 13.8. The quantitative estimate of drug-likeness (QED) is 0.295.